The molecule has 0 bridgehead atoms. The monoisotopic (exact) mass is 402 g/mol. The van der Waals surface area contributed by atoms with Gasteiger partial charge in [0.2, 0.25) is 11.5 Å². The van der Waals surface area contributed by atoms with Crippen LogP contribution in [0.15, 0.2) is 18.2 Å². The molecule has 8 heteroatoms. The van der Waals surface area contributed by atoms with Gasteiger partial charge >= 0.3 is 5.97 Å². The standard InChI is InChI=1S/C21H22O8/c1-23-14-7-11(8-16-19(14)28-6-5-27-16)12-9-17(22)29-13-10-15(24-2)20(25-3)21(26-4)18(12)13/h7-8,10,12H,5-6,9H2,1-4H3/t12-/m0/s1. The maximum absolute atomic E-state index is 12.4. The Hall–Kier alpha value is -3.29. The minimum Gasteiger partial charge on any atom is -0.493 e. The Morgan fingerprint density at radius 2 is 1.55 bits per heavy atom. The van der Waals surface area contributed by atoms with Crippen LogP contribution in [0.25, 0.3) is 0 Å². The van der Waals surface area contributed by atoms with Crippen LogP contribution >= 0.6 is 0 Å². The molecule has 0 amide bonds. The van der Waals surface area contributed by atoms with Crippen LogP contribution in [0, 0.1) is 0 Å². The molecule has 0 N–H and O–H groups in total. The fraction of sp³-hybridized carbons (Fsp3) is 0.381. The molecule has 0 fully saturated rings. The molecule has 2 aromatic rings. The largest absolute Gasteiger partial charge is 0.493 e. The van der Waals surface area contributed by atoms with Crippen molar-refractivity contribution in [2.75, 3.05) is 41.7 Å². The smallest absolute Gasteiger partial charge is 0.312 e. The van der Waals surface area contributed by atoms with Crippen molar-refractivity contribution in [3.05, 3.63) is 29.3 Å². The highest BCUT2D eigenvalue weighted by Crippen LogP contribution is 2.53. The number of benzene rings is 2. The molecule has 1 atom stereocenters. The zero-order chi connectivity index (χ0) is 20.5. The topological polar surface area (TPSA) is 81.7 Å². The van der Waals surface area contributed by atoms with E-state index in [4.69, 9.17) is 33.2 Å². The molecular weight excluding hydrogens is 380 g/mol. The number of hydrogen-bond acceptors (Lipinski definition) is 8. The maximum Gasteiger partial charge on any atom is 0.312 e. The number of hydrogen-bond donors (Lipinski definition) is 0. The lowest BCUT2D eigenvalue weighted by atomic mass is 9.85. The van der Waals surface area contributed by atoms with E-state index in [-0.39, 0.29) is 18.3 Å². The van der Waals surface area contributed by atoms with E-state index < -0.39 is 0 Å². The van der Waals surface area contributed by atoms with Gasteiger partial charge in [0, 0.05) is 17.5 Å². The first kappa shape index (κ1) is 19.0. The van der Waals surface area contributed by atoms with Gasteiger partial charge in [0.15, 0.2) is 23.0 Å². The van der Waals surface area contributed by atoms with Gasteiger partial charge in [-0.25, -0.2) is 0 Å². The van der Waals surface area contributed by atoms with E-state index in [1.807, 2.05) is 12.1 Å². The normalized spacial score (nSPS) is 17.1. The first-order valence-corrected chi connectivity index (χ1v) is 9.12. The highest BCUT2D eigenvalue weighted by Gasteiger charge is 2.36. The third kappa shape index (κ3) is 3.14. The van der Waals surface area contributed by atoms with Gasteiger partial charge in [-0.2, -0.15) is 0 Å². The SMILES string of the molecule is COc1cc([C@@H]2CC(=O)Oc3cc(OC)c(OC)c(OC)c32)cc2c1OCCO2. The van der Waals surface area contributed by atoms with Crippen LogP contribution in [-0.4, -0.2) is 47.6 Å². The van der Waals surface area contributed by atoms with E-state index >= 15 is 0 Å². The Morgan fingerprint density at radius 3 is 2.24 bits per heavy atom. The summed E-state index contributed by atoms with van der Waals surface area (Å²) >= 11 is 0. The first-order valence-electron chi connectivity index (χ1n) is 9.12. The summed E-state index contributed by atoms with van der Waals surface area (Å²) in [6, 6.07) is 5.34. The molecule has 154 valence electrons. The molecule has 2 aromatic carbocycles. The van der Waals surface area contributed by atoms with Crippen LogP contribution < -0.4 is 33.2 Å². The van der Waals surface area contributed by atoms with E-state index in [1.165, 1.54) is 21.3 Å². The van der Waals surface area contributed by atoms with E-state index in [2.05, 4.69) is 0 Å². The predicted octanol–water partition coefficient (Wildman–Crippen LogP) is 2.93. The van der Waals surface area contributed by atoms with Gasteiger partial charge in [0.1, 0.15) is 19.0 Å². The Kier molecular flexibility index (Phi) is 5.00. The average molecular weight is 402 g/mol. The number of rotatable bonds is 5. The zero-order valence-corrected chi connectivity index (χ0v) is 16.7. The van der Waals surface area contributed by atoms with Crippen LogP contribution in [0.5, 0.6) is 40.2 Å². The van der Waals surface area contributed by atoms with Crippen LogP contribution in [0.1, 0.15) is 23.5 Å². The average Bonchev–Trinajstić information content (AvgIpc) is 2.76. The number of carbonyl (C=O) groups is 1. The molecule has 0 saturated heterocycles. The minimum absolute atomic E-state index is 0.127. The number of methoxy groups -OCH3 is 4. The lowest BCUT2D eigenvalue weighted by molar-refractivity contribution is -0.135. The van der Waals surface area contributed by atoms with E-state index in [0.29, 0.717) is 59.0 Å². The van der Waals surface area contributed by atoms with Crippen LogP contribution in [-0.2, 0) is 4.79 Å². The summed E-state index contributed by atoms with van der Waals surface area (Å²) in [4.78, 5) is 12.4. The van der Waals surface area contributed by atoms with E-state index in [0.717, 1.165) is 5.56 Å². The Bertz CT molecular complexity index is 935. The Morgan fingerprint density at radius 1 is 0.828 bits per heavy atom. The molecule has 2 heterocycles. The fourth-order valence-electron chi connectivity index (χ4n) is 3.78. The molecule has 0 radical (unpaired) electrons. The quantitative estimate of drug-likeness (QED) is 0.558. The third-order valence-electron chi connectivity index (χ3n) is 5.03. The second-order valence-corrected chi connectivity index (χ2v) is 6.54. The highest BCUT2D eigenvalue weighted by molar-refractivity contribution is 5.81. The molecule has 0 spiro atoms. The molecule has 0 unspecified atom stereocenters. The fourth-order valence-corrected chi connectivity index (χ4v) is 3.78. The zero-order valence-electron chi connectivity index (χ0n) is 16.7. The van der Waals surface area contributed by atoms with Crippen molar-refractivity contribution in [2.45, 2.75) is 12.3 Å². The number of carbonyl (C=O) groups excluding carboxylic acids is 1. The van der Waals surface area contributed by atoms with Crippen LogP contribution in [0.2, 0.25) is 0 Å². The summed E-state index contributed by atoms with van der Waals surface area (Å²) in [6.45, 7) is 0.892. The van der Waals surface area contributed by atoms with Gasteiger partial charge in [-0.15, -0.1) is 0 Å². The summed E-state index contributed by atoms with van der Waals surface area (Å²) < 4.78 is 39.0. The summed E-state index contributed by atoms with van der Waals surface area (Å²) in [7, 11) is 6.14. The molecule has 4 rings (SSSR count). The molecule has 0 aliphatic carbocycles. The third-order valence-corrected chi connectivity index (χ3v) is 5.03. The number of ether oxygens (including phenoxy) is 7. The second-order valence-electron chi connectivity index (χ2n) is 6.54. The lowest BCUT2D eigenvalue weighted by Gasteiger charge is -2.29. The lowest BCUT2D eigenvalue weighted by Crippen LogP contribution is -2.23. The summed E-state index contributed by atoms with van der Waals surface area (Å²) in [6.07, 6.45) is 0.127. The van der Waals surface area contributed by atoms with Crippen molar-refractivity contribution >= 4 is 5.97 Å². The first-order chi connectivity index (χ1) is 14.1. The van der Waals surface area contributed by atoms with E-state index in [1.54, 1.807) is 13.2 Å². The molecule has 29 heavy (non-hydrogen) atoms. The van der Waals surface area contributed by atoms with Gasteiger partial charge in [-0.05, 0) is 17.7 Å². The van der Waals surface area contributed by atoms with Crippen molar-refractivity contribution in [1.29, 1.82) is 0 Å². The van der Waals surface area contributed by atoms with Crippen molar-refractivity contribution < 1.29 is 38.0 Å². The maximum atomic E-state index is 12.4. The van der Waals surface area contributed by atoms with Crippen LogP contribution in [0.3, 0.4) is 0 Å². The summed E-state index contributed by atoms with van der Waals surface area (Å²) in [5.41, 5.74) is 1.51. The second kappa shape index (κ2) is 7.62. The van der Waals surface area contributed by atoms with Gasteiger partial charge in [-0.1, -0.05) is 0 Å². The molecular formula is C21H22O8. The minimum atomic E-state index is -0.356. The Labute approximate surface area is 168 Å². The molecule has 2 aliphatic heterocycles. The van der Waals surface area contributed by atoms with Gasteiger partial charge in [0.25, 0.3) is 0 Å². The molecule has 0 aromatic heterocycles. The van der Waals surface area contributed by atoms with E-state index in [9.17, 15) is 4.79 Å². The number of esters is 1. The van der Waals surface area contributed by atoms with Crippen molar-refractivity contribution in [2.24, 2.45) is 0 Å². The Balaban J connectivity index is 1.92. The summed E-state index contributed by atoms with van der Waals surface area (Å²) in [5.74, 6) is 2.62. The van der Waals surface area contributed by atoms with Crippen molar-refractivity contribution in [1.82, 2.24) is 0 Å². The van der Waals surface area contributed by atoms with Crippen molar-refractivity contribution in [3.63, 3.8) is 0 Å². The molecule has 2 aliphatic rings. The number of fused-ring (bicyclic) bond motifs is 2. The highest BCUT2D eigenvalue weighted by atomic mass is 16.6. The predicted molar refractivity (Wildman–Crippen MR) is 102 cm³/mol. The molecule has 0 saturated carbocycles. The van der Waals surface area contributed by atoms with Gasteiger partial charge in [0.05, 0.1) is 34.9 Å². The van der Waals surface area contributed by atoms with Crippen LogP contribution in [0.4, 0.5) is 0 Å². The molecule has 8 nitrogen and oxygen atoms in total. The summed E-state index contributed by atoms with van der Waals surface area (Å²) in [5, 5.41) is 0. The van der Waals surface area contributed by atoms with Gasteiger partial charge < -0.3 is 33.2 Å². The van der Waals surface area contributed by atoms with Crippen molar-refractivity contribution in [3.8, 4) is 40.2 Å². The van der Waals surface area contributed by atoms with Gasteiger partial charge in [-0.3, -0.25) is 4.79 Å².